The molecule has 1 heterocycles. The van der Waals surface area contributed by atoms with Gasteiger partial charge in [0, 0.05) is 5.39 Å². The monoisotopic (exact) mass is 428 g/mol. The van der Waals surface area contributed by atoms with Gasteiger partial charge in [0.2, 0.25) is 0 Å². The molecule has 0 aliphatic rings. The Morgan fingerprint density at radius 1 is 0.903 bits per heavy atom. The highest BCUT2D eigenvalue weighted by Crippen LogP contribution is 2.28. The first-order valence-corrected chi connectivity index (χ1v) is 10.1. The summed E-state index contributed by atoms with van der Waals surface area (Å²) < 4.78 is 5.76. The van der Waals surface area contributed by atoms with Gasteiger partial charge in [0.15, 0.2) is 6.61 Å². The zero-order valence-corrected chi connectivity index (χ0v) is 17.1. The Kier molecular flexibility index (Phi) is 4.98. The van der Waals surface area contributed by atoms with E-state index in [2.05, 4.69) is 15.5 Å². The smallest absolute Gasteiger partial charge is 0.262 e. The molecule has 0 spiro atoms. The molecule has 0 atom stereocenters. The fraction of sp³-hybridized carbons (Fsp3) is 0.0417. The van der Waals surface area contributed by atoms with Crippen molar-refractivity contribution in [2.24, 2.45) is 0 Å². The summed E-state index contributed by atoms with van der Waals surface area (Å²) >= 11 is 6.37. The number of carbonyl (C=O) groups is 1. The highest BCUT2D eigenvalue weighted by molar-refractivity contribution is 6.34. The quantitative estimate of drug-likeness (QED) is 0.415. The van der Waals surface area contributed by atoms with Crippen LogP contribution in [-0.4, -0.2) is 27.5 Å². The van der Waals surface area contributed by atoms with Crippen molar-refractivity contribution < 1.29 is 9.53 Å². The minimum Gasteiger partial charge on any atom is -0.483 e. The van der Waals surface area contributed by atoms with Crippen LogP contribution in [0.15, 0.2) is 84.9 Å². The Bertz CT molecular complexity index is 1390. The Balaban J connectivity index is 1.33. The third-order valence-corrected chi connectivity index (χ3v) is 5.15. The molecule has 4 aromatic carbocycles. The van der Waals surface area contributed by atoms with Crippen LogP contribution in [0.3, 0.4) is 0 Å². The van der Waals surface area contributed by atoms with Crippen LogP contribution in [0.4, 0.5) is 5.69 Å². The lowest BCUT2D eigenvalue weighted by atomic mass is 10.1. The topological polar surface area (TPSA) is 69.0 Å². The number of hydrogen-bond acceptors (Lipinski definition) is 4. The third kappa shape index (κ3) is 3.93. The standard InChI is InChI=1S/C24H17ClN4O2/c25-19-13-21-22(28-29(27-21)17-9-2-1-3-10-17)14-20(19)26-24(30)15-31-23-12-6-8-16-7-4-5-11-18(16)23/h1-14H,15H2,(H,26,30). The fourth-order valence-corrected chi connectivity index (χ4v) is 3.57. The van der Waals surface area contributed by atoms with E-state index < -0.39 is 0 Å². The molecule has 31 heavy (non-hydrogen) atoms. The van der Waals surface area contributed by atoms with Crippen LogP contribution < -0.4 is 10.1 Å². The second kappa shape index (κ2) is 8.08. The first kappa shape index (κ1) is 19.1. The van der Waals surface area contributed by atoms with E-state index >= 15 is 0 Å². The summed E-state index contributed by atoms with van der Waals surface area (Å²) in [7, 11) is 0. The first-order chi connectivity index (χ1) is 15.2. The number of aromatic nitrogens is 3. The third-order valence-electron chi connectivity index (χ3n) is 4.84. The lowest BCUT2D eigenvalue weighted by Gasteiger charge is -2.10. The van der Waals surface area contributed by atoms with Crippen LogP contribution in [0, 0.1) is 0 Å². The average molecular weight is 429 g/mol. The number of fused-ring (bicyclic) bond motifs is 2. The number of halogens is 1. The van der Waals surface area contributed by atoms with E-state index in [0.717, 1.165) is 16.5 Å². The van der Waals surface area contributed by atoms with Gasteiger partial charge in [-0.15, -0.1) is 10.2 Å². The lowest BCUT2D eigenvalue weighted by Crippen LogP contribution is -2.20. The van der Waals surface area contributed by atoms with E-state index in [9.17, 15) is 4.79 Å². The lowest BCUT2D eigenvalue weighted by molar-refractivity contribution is -0.118. The summed E-state index contributed by atoms with van der Waals surface area (Å²) in [6.45, 7) is -0.140. The maximum atomic E-state index is 12.5. The van der Waals surface area contributed by atoms with Gasteiger partial charge in [-0.1, -0.05) is 66.2 Å². The van der Waals surface area contributed by atoms with Gasteiger partial charge in [0.1, 0.15) is 16.8 Å². The predicted octanol–water partition coefficient (Wildman–Crippen LogP) is 5.24. The number of nitrogens with zero attached hydrogens (tertiary/aromatic N) is 3. The number of rotatable bonds is 5. The van der Waals surface area contributed by atoms with Crippen molar-refractivity contribution in [3.05, 3.63) is 90.0 Å². The molecule has 1 aromatic heterocycles. The summed E-state index contributed by atoms with van der Waals surface area (Å²) in [6.07, 6.45) is 0. The first-order valence-electron chi connectivity index (χ1n) is 9.70. The summed E-state index contributed by atoms with van der Waals surface area (Å²) in [5.74, 6) is 0.338. The van der Waals surface area contributed by atoms with Crippen molar-refractivity contribution in [1.82, 2.24) is 15.0 Å². The summed E-state index contributed by atoms with van der Waals surface area (Å²) in [5.41, 5.74) is 2.56. The number of para-hydroxylation sites is 1. The number of benzene rings is 4. The number of nitrogens with one attached hydrogen (secondary N) is 1. The van der Waals surface area contributed by atoms with E-state index in [-0.39, 0.29) is 12.5 Å². The number of anilines is 1. The molecule has 0 bridgehead atoms. The zero-order chi connectivity index (χ0) is 21.2. The number of amides is 1. The highest BCUT2D eigenvalue weighted by Gasteiger charge is 2.12. The number of carbonyl (C=O) groups excluding carboxylic acids is 1. The molecular formula is C24H17ClN4O2. The van der Waals surface area contributed by atoms with Crippen molar-refractivity contribution in [1.29, 1.82) is 0 Å². The number of hydrogen-bond donors (Lipinski definition) is 1. The molecule has 152 valence electrons. The van der Waals surface area contributed by atoms with Crippen molar-refractivity contribution in [3.8, 4) is 11.4 Å². The van der Waals surface area contributed by atoms with Crippen LogP contribution >= 0.6 is 11.6 Å². The van der Waals surface area contributed by atoms with Crippen LogP contribution in [0.1, 0.15) is 0 Å². The molecule has 0 aliphatic carbocycles. The van der Waals surface area contributed by atoms with Crippen molar-refractivity contribution in [3.63, 3.8) is 0 Å². The maximum absolute atomic E-state index is 12.5. The van der Waals surface area contributed by atoms with Crippen LogP contribution in [0.25, 0.3) is 27.5 Å². The predicted molar refractivity (Wildman–Crippen MR) is 122 cm³/mol. The normalized spacial score (nSPS) is 11.0. The largest absolute Gasteiger partial charge is 0.483 e. The van der Waals surface area contributed by atoms with Crippen molar-refractivity contribution >= 4 is 45.0 Å². The Hall–Kier alpha value is -3.90. The summed E-state index contributed by atoms with van der Waals surface area (Å²) in [5, 5.41) is 14.1. The van der Waals surface area contributed by atoms with E-state index in [1.54, 1.807) is 12.1 Å². The highest BCUT2D eigenvalue weighted by atomic mass is 35.5. The van der Waals surface area contributed by atoms with Gasteiger partial charge in [0.25, 0.3) is 5.91 Å². The molecule has 0 fully saturated rings. The van der Waals surface area contributed by atoms with Gasteiger partial charge < -0.3 is 10.1 Å². The molecule has 0 saturated carbocycles. The minimum atomic E-state index is -0.315. The van der Waals surface area contributed by atoms with Gasteiger partial charge in [-0.2, -0.15) is 4.80 Å². The van der Waals surface area contributed by atoms with E-state index in [1.165, 1.54) is 4.80 Å². The van der Waals surface area contributed by atoms with Gasteiger partial charge in [-0.05, 0) is 35.7 Å². The Morgan fingerprint density at radius 3 is 2.45 bits per heavy atom. The number of ether oxygens (including phenoxy) is 1. The van der Waals surface area contributed by atoms with E-state index in [1.807, 2.05) is 72.8 Å². The molecule has 0 saturated heterocycles. The summed E-state index contributed by atoms with van der Waals surface area (Å²) in [6, 6.07) is 26.6. The van der Waals surface area contributed by atoms with Gasteiger partial charge in [0.05, 0.1) is 16.4 Å². The molecule has 0 radical (unpaired) electrons. The van der Waals surface area contributed by atoms with Crippen LogP contribution in [0.5, 0.6) is 5.75 Å². The molecule has 7 heteroatoms. The molecule has 0 unspecified atom stereocenters. The van der Waals surface area contributed by atoms with Gasteiger partial charge in [-0.25, -0.2) is 0 Å². The molecule has 5 aromatic rings. The second-order valence-electron chi connectivity index (χ2n) is 6.96. The van der Waals surface area contributed by atoms with E-state index in [4.69, 9.17) is 16.3 Å². The van der Waals surface area contributed by atoms with E-state index in [0.29, 0.717) is 27.5 Å². The van der Waals surface area contributed by atoms with Crippen molar-refractivity contribution in [2.45, 2.75) is 0 Å². The Labute approximate surface area is 183 Å². The Morgan fingerprint density at radius 2 is 1.61 bits per heavy atom. The SMILES string of the molecule is O=C(COc1cccc2ccccc12)Nc1cc2nn(-c3ccccc3)nc2cc1Cl. The average Bonchev–Trinajstić information content (AvgIpc) is 3.21. The molecular weight excluding hydrogens is 412 g/mol. The molecule has 5 rings (SSSR count). The van der Waals surface area contributed by atoms with Gasteiger partial charge >= 0.3 is 0 Å². The van der Waals surface area contributed by atoms with Crippen molar-refractivity contribution in [2.75, 3.05) is 11.9 Å². The molecule has 1 N–H and O–H groups in total. The second-order valence-corrected chi connectivity index (χ2v) is 7.37. The van der Waals surface area contributed by atoms with Gasteiger partial charge in [-0.3, -0.25) is 4.79 Å². The summed E-state index contributed by atoms with van der Waals surface area (Å²) in [4.78, 5) is 14.0. The minimum absolute atomic E-state index is 0.140. The zero-order valence-electron chi connectivity index (χ0n) is 16.3. The van der Waals surface area contributed by atoms with Crippen LogP contribution in [-0.2, 0) is 4.79 Å². The molecule has 6 nitrogen and oxygen atoms in total. The maximum Gasteiger partial charge on any atom is 0.262 e. The molecule has 1 amide bonds. The fourth-order valence-electron chi connectivity index (χ4n) is 3.36. The van der Waals surface area contributed by atoms with Crippen LogP contribution in [0.2, 0.25) is 5.02 Å². The molecule has 0 aliphatic heterocycles.